The first-order chi connectivity index (χ1) is 16.4. The molecule has 8 nitrogen and oxygen atoms in total. The van der Waals surface area contributed by atoms with Crippen LogP contribution in [0.3, 0.4) is 0 Å². The Morgan fingerprint density at radius 1 is 1.21 bits per heavy atom. The molecule has 0 unspecified atom stereocenters. The molecule has 4 rings (SSSR count). The third kappa shape index (κ3) is 5.67. The van der Waals surface area contributed by atoms with Gasteiger partial charge in [-0.15, -0.1) is 0 Å². The van der Waals surface area contributed by atoms with E-state index in [1.165, 1.54) is 6.07 Å². The van der Waals surface area contributed by atoms with Crippen LogP contribution in [0, 0.1) is 5.82 Å². The highest BCUT2D eigenvalue weighted by molar-refractivity contribution is 6.35. The van der Waals surface area contributed by atoms with Crippen molar-refractivity contribution >= 4 is 40.0 Å². The number of rotatable bonds is 8. The van der Waals surface area contributed by atoms with Gasteiger partial charge in [0.2, 0.25) is 5.91 Å². The van der Waals surface area contributed by atoms with Crippen molar-refractivity contribution in [2.24, 2.45) is 4.99 Å². The molecule has 0 atom stereocenters. The predicted octanol–water partition coefficient (Wildman–Crippen LogP) is 2.71. The van der Waals surface area contributed by atoms with Crippen molar-refractivity contribution < 1.29 is 19.1 Å². The van der Waals surface area contributed by atoms with Gasteiger partial charge in [-0.2, -0.15) is 0 Å². The SMILES string of the molecule is O=C(CO)NCC1=NCC(Cc2cc(C(=O)NCc3cc4c(Cl)c[nH]c4cc3F)ccn2)=CC1. The molecule has 176 valence electrons. The molecular weight excluding hydrogens is 461 g/mol. The Morgan fingerprint density at radius 3 is 2.82 bits per heavy atom. The number of benzene rings is 1. The number of aliphatic hydroxyl groups is 1. The van der Waals surface area contributed by atoms with Gasteiger partial charge in [-0.3, -0.25) is 19.6 Å². The quantitative estimate of drug-likeness (QED) is 0.368. The van der Waals surface area contributed by atoms with E-state index in [1.54, 1.807) is 30.6 Å². The molecule has 0 saturated heterocycles. The van der Waals surface area contributed by atoms with Crippen LogP contribution in [0.2, 0.25) is 5.02 Å². The molecule has 0 saturated carbocycles. The zero-order valence-electron chi connectivity index (χ0n) is 18.2. The zero-order chi connectivity index (χ0) is 24.1. The van der Waals surface area contributed by atoms with E-state index in [9.17, 15) is 14.0 Å². The van der Waals surface area contributed by atoms with Crippen LogP contribution in [0.5, 0.6) is 0 Å². The lowest BCUT2D eigenvalue weighted by Crippen LogP contribution is -2.32. The number of carbonyl (C=O) groups is 2. The number of dihydropyridines is 1. The van der Waals surface area contributed by atoms with Gasteiger partial charge in [-0.25, -0.2) is 4.39 Å². The molecule has 10 heteroatoms. The third-order valence-electron chi connectivity index (χ3n) is 5.49. The van der Waals surface area contributed by atoms with Gasteiger partial charge in [0.25, 0.3) is 5.91 Å². The van der Waals surface area contributed by atoms with Crippen LogP contribution in [0.4, 0.5) is 4.39 Å². The van der Waals surface area contributed by atoms with Gasteiger partial charge in [-0.05, 0) is 29.8 Å². The summed E-state index contributed by atoms with van der Waals surface area (Å²) in [7, 11) is 0. The number of aliphatic imine (C=N–C) groups is 1. The van der Waals surface area contributed by atoms with Crippen molar-refractivity contribution in [2.75, 3.05) is 19.7 Å². The first-order valence-corrected chi connectivity index (χ1v) is 11.1. The minimum absolute atomic E-state index is 0.0231. The topological polar surface area (TPSA) is 119 Å². The molecule has 2 aromatic heterocycles. The van der Waals surface area contributed by atoms with Gasteiger partial charge >= 0.3 is 0 Å². The molecule has 0 spiro atoms. The van der Waals surface area contributed by atoms with E-state index < -0.39 is 18.3 Å². The van der Waals surface area contributed by atoms with E-state index >= 15 is 0 Å². The third-order valence-corrected chi connectivity index (χ3v) is 5.80. The maximum absolute atomic E-state index is 14.4. The predicted molar refractivity (Wildman–Crippen MR) is 127 cm³/mol. The average molecular weight is 484 g/mol. The van der Waals surface area contributed by atoms with E-state index in [-0.39, 0.29) is 12.5 Å². The minimum atomic E-state index is -0.546. The van der Waals surface area contributed by atoms with Crippen molar-refractivity contribution in [2.45, 2.75) is 19.4 Å². The Hall–Kier alpha value is -3.56. The Balaban J connectivity index is 1.34. The number of allylic oxidation sites excluding steroid dienone is 1. The van der Waals surface area contributed by atoms with Crippen molar-refractivity contribution in [3.63, 3.8) is 0 Å². The van der Waals surface area contributed by atoms with Crippen molar-refractivity contribution in [3.05, 3.63) is 76.0 Å². The number of nitrogens with zero attached hydrogens (tertiary/aromatic N) is 2. The average Bonchev–Trinajstić information content (AvgIpc) is 3.21. The highest BCUT2D eigenvalue weighted by atomic mass is 35.5. The van der Waals surface area contributed by atoms with Gasteiger partial charge in [0, 0.05) is 65.2 Å². The van der Waals surface area contributed by atoms with Crippen LogP contribution in [0.1, 0.15) is 28.0 Å². The van der Waals surface area contributed by atoms with Crippen LogP contribution in [-0.2, 0) is 17.8 Å². The standard InChI is InChI=1S/C24H23ClFN5O3/c25-20-12-29-22-8-21(26)16(7-19(20)22)10-31-24(34)15-3-4-27-18(6-15)5-14-1-2-17(28-9-14)11-30-23(33)13-32/h1,3-4,6-8,12,29,32H,2,5,9-11,13H2,(H,30,33)(H,31,34). The summed E-state index contributed by atoms with van der Waals surface area (Å²) in [6, 6.07) is 6.30. The molecule has 0 fully saturated rings. The first-order valence-electron chi connectivity index (χ1n) is 10.7. The summed E-state index contributed by atoms with van der Waals surface area (Å²) in [5, 5.41) is 15.3. The molecule has 1 aromatic carbocycles. The molecule has 1 aliphatic rings. The van der Waals surface area contributed by atoms with Gasteiger partial charge in [0.05, 0.1) is 18.1 Å². The number of amides is 2. The van der Waals surface area contributed by atoms with Crippen LogP contribution in [0.25, 0.3) is 10.9 Å². The molecule has 1 aliphatic heterocycles. The van der Waals surface area contributed by atoms with E-state index in [1.807, 2.05) is 6.08 Å². The number of carbonyl (C=O) groups excluding carboxylic acids is 2. The van der Waals surface area contributed by atoms with E-state index in [0.717, 1.165) is 17.0 Å². The van der Waals surface area contributed by atoms with Crippen molar-refractivity contribution in [1.82, 2.24) is 20.6 Å². The van der Waals surface area contributed by atoms with E-state index in [2.05, 4.69) is 25.6 Å². The summed E-state index contributed by atoms with van der Waals surface area (Å²) in [5.41, 5.74) is 3.97. The van der Waals surface area contributed by atoms with Gasteiger partial charge < -0.3 is 20.7 Å². The smallest absolute Gasteiger partial charge is 0.251 e. The second-order valence-corrected chi connectivity index (χ2v) is 8.31. The number of aromatic nitrogens is 2. The lowest BCUT2D eigenvalue weighted by molar-refractivity contribution is -0.123. The van der Waals surface area contributed by atoms with Gasteiger partial charge in [0.1, 0.15) is 12.4 Å². The fourth-order valence-corrected chi connectivity index (χ4v) is 3.84. The summed E-state index contributed by atoms with van der Waals surface area (Å²) in [4.78, 5) is 35.5. The second kappa shape index (κ2) is 10.6. The van der Waals surface area contributed by atoms with E-state index in [4.69, 9.17) is 16.7 Å². The molecule has 3 heterocycles. The molecule has 0 bridgehead atoms. The Morgan fingerprint density at radius 2 is 2.06 bits per heavy atom. The van der Waals surface area contributed by atoms with Crippen LogP contribution in [0.15, 0.2) is 53.3 Å². The van der Waals surface area contributed by atoms with Crippen molar-refractivity contribution in [1.29, 1.82) is 0 Å². The summed E-state index contributed by atoms with van der Waals surface area (Å²) in [5.74, 6) is -1.20. The van der Waals surface area contributed by atoms with E-state index in [0.29, 0.717) is 53.0 Å². The Bertz CT molecular complexity index is 1300. The Kier molecular flexibility index (Phi) is 7.34. The molecule has 4 N–H and O–H groups in total. The van der Waals surface area contributed by atoms with Crippen LogP contribution < -0.4 is 10.6 Å². The van der Waals surface area contributed by atoms with Crippen LogP contribution in [-0.4, -0.2) is 52.3 Å². The molecule has 3 aromatic rings. The first kappa shape index (κ1) is 23.6. The lowest BCUT2D eigenvalue weighted by atomic mass is 10.0. The molecular formula is C24H23ClFN5O3. The largest absolute Gasteiger partial charge is 0.387 e. The summed E-state index contributed by atoms with van der Waals surface area (Å²) in [6.07, 6.45) is 6.34. The number of hydrogen-bond acceptors (Lipinski definition) is 5. The number of aliphatic hydroxyl groups excluding tert-OH is 1. The lowest BCUT2D eigenvalue weighted by Gasteiger charge is -2.14. The van der Waals surface area contributed by atoms with Crippen molar-refractivity contribution in [3.8, 4) is 0 Å². The Labute approximate surface area is 199 Å². The number of H-pyrrole nitrogens is 1. The number of pyridine rings is 1. The number of halogens is 2. The fraction of sp³-hybridized carbons (Fsp3) is 0.250. The summed E-state index contributed by atoms with van der Waals surface area (Å²) in [6.45, 7) is 0.261. The fourth-order valence-electron chi connectivity index (χ4n) is 3.63. The number of fused-ring (bicyclic) bond motifs is 1. The van der Waals surface area contributed by atoms with Gasteiger partial charge in [-0.1, -0.05) is 17.7 Å². The minimum Gasteiger partial charge on any atom is -0.387 e. The monoisotopic (exact) mass is 483 g/mol. The summed E-state index contributed by atoms with van der Waals surface area (Å²) >= 11 is 6.11. The maximum Gasteiger partial charge on any atom is 0.251 e. The number of hydrogen-bond donors (Lipinski definition) is 4. The number of aromatic amines is 1. The van der Waals surface area contributed by atoms with Gasteiger partial charge in [0.15, 0.2) is 0 Å². The molecule has 0 radical (unpaired) electrons. The maximum atomic E-state index is 14.4. The second-order valence-electron chi connectivity index (χ2n) is 7.90. The molecule has 0 aliphatic carbocycles. The highest BCUT2D eigenvalue weighted by Gasteiger charge is 2.13. The normalized spacial score (nSPS) is 13.4. The zero-order valence-corrected chi connectivity index (χ0v) is 19.0. The van der Waals surface area contributed by atoms with Crippen LogP contribution >= 0.6 is 11.6 Å². The number of nitrogens with one attached hydrogen (secondary N) is 3. The summed E-state index contributed by atoms with van der Waals surface area (Å²) < 4.78 is 14.4. The molecule has 34 heavy (non-hydrogen) atoms. The highest BCUT2D eigenvalue weighted by Crippen LogP contribution is 2.25. The molecule has 2 amide bonds.